The molecule has 0 aliphatic heterocycles. The molecule has 1 heteroatoms. The Labute approximate surface area is 149 Å². The highest BCUT2D eigenvalue weighted by Crippen LogP contribution is 2.41. The van der Waals surface area contributed by atoms with E-state index in [2.05, 4.69) is 110 Å². The average molecular weight is 323 g/mol. The van der Waals surface area contributed by atoms with Crippen molar-refractivity contribution in [2.75, 3.05) is 4.90 Å². The Bertz CT molecular complexity index is 982. The highest BCUT2D eigenvalue weighted by molar-refractivity contribution is 5.99. The summed E-state index contributed by atoms with van der Waals surface area (Å²) in [5, 5.41) is 2.52. The van der Waals surface area contributed by atoms with E-state index in [0.29, 0.717) is 0 Å². The summed E-state index contributed by atoms with van der Waals surface area (Å²) in [6, 6.07) is 32.3. The standard InChI is InChI=1S/C24H21N/c1-18-10-3-7-15-22(18)25(23-16-8-4-11-19(23)2)24-17-9-13-20-12-5-6-14-21(20)24/h3-17H,1-2H3. The number of para-hydroxylation sites is 2. The molecule has 0 N–H and O–H groups in total. The molecule has 0 amide bonds. The molecular weight excluding hydrogens is 302 g/mol. The van der Waals surface area contributed by atoms with Crippen molar-refractivity contribution in [3.8, 4) is 0 Å². The van der Waals surface area contributed by atoms with E-state index < -0.39 is 0 Å². The first kappa shape index (κ1) is 15.5. The number of aryl methyl sites for hydroxylation is 2. The molecule has 4 aromatic rings. The van der Waals surface area contributed by atoms with E-state index in [0.717, 1.165) is 0 Å². The van der Waals surface area contributed by atoms with Crippen molar-refractivity contribution < 1.29 is 0 Å². The molecule has 1 nitrogen and oxygen atoms in total. The van der Waals surface area contributed by atoms with Crippen LogP contribution < -0.4 is 4.90 Å². The van der Waals surface area contributed by atoms with Crippen LogP contribution in [-0.4, -0.2) is 0 Å². The lowest BCUT2D eigenvalue weighted by atomic mass is 10.0. The van der Waals surface area contributed by atoms with E-state index in [1.54, 1.807) is 0 Å². The van der Waals surface area contributed by atoms with Gasteiger partial charge in [-0.05, 0) is 48.6 Å². The molecule has 0 heterocycles. The lowest BCUT2D eigenvalue weighted by Crippen LogP contribution is -2.12. The lowest BCUT2D eigenvalue weighted by Gasteiger charge is -2.29. The fourth-order valence-corrected chi connectivity index (χ4v) is 3.42. The molecule has 0 aromatic heterocycles. The fourth-order valence-electron chi connectivity index (χ4n) is 3.42. The van der Waals surface area contributed by atoms with Crippen LogP contribution in [0.2, 0.25) is 0 Å². The van der Waals surface area contributed by atoms with Crippen molar-refractivity contribution in [1.82, 2.24) is 0 Å². The Morgan fingerprint density at radius 3 is 1.60 bits per heavy atom. The summed E-state index contributed by atoms with van der Waals surface area (Å²) >= 11 is 0. The van der Waals surface area contributed by atoms with Crippen molar-refractivity contribution in [2.45, 2.75) is 13.8 Å². The second kappa shape index (κ2) is 6.45. The van der Waals surface area contributed by atoms with Gasteiger partial charge in [-0.3, -0.25) is 0 Å². The minimum Gasteiger partial charge on any atom is -0.309 e. The maximum atomic E-state index is 2.38. The van der Waals surface area contributed by atoms with Gasteiger partial charge in [0.05, 0.1) is 5.69 Å². The smallest absolute Gasteiger partial charge is 0.0540 e. The van der Waals surface area contributed by atoms with Gasteiger partial charge in [-0.25, -0.2) is 0 Å². The fraction of sp³-hybridized carbons (Fsp3) is 0.0833. The van der Waals surface area contributed by atoms with Gasteiger partial charge in [0.1, 0.15) is 0 Å². The molecule has 122 valence electrons. The normalized spacial score (nSPS) is 10.8. The number of fused-ring (bicyclic) bond motifs is 1. The zero-order valence-corrected chi connectivity index (χ0v) is 14.6. The molecule has 25 heavy (non-hydrogen) atoms. The van der Waals surface area contributed by atoms with Gasteiger partial charge in [-0.2, -0.15) is 0 Å². The first-order chi connectivity index (χ1) is 12.3. The summed E-state index contributed by atoms with van der Waals surface area (Å²) in [4.78, 5) is 2.38. The van der Waals surface area contributed by atoms with Crippen molar-refractivity contribution in [2.24, 2.45) is 0 Å². The monoisotopic (exact) mass is 323 g/mol. The number of nitrogens with zero attached hydrogens (tertiary/aromatic N) is 1. The summed E-state index contributed by atoms with van der Waals surface area (Å²) < 4.78 is 0. The third-order valence-corrected chi connectivity index (χ3v) is 4.72. The molecule has 4 aromatic carbocycles. The quantitative estimate of drug-likeness (QED) is 0.395. The van der Waals surface area contributed by atoms with Crippen molar-refractivity contribution >= 4 is 27.8 Å². The minimum atomic E-state index is 1.21. The third-order valence-electron chi connectivity index (χ3n) is 4.72. The van der Waals surface area contributed by atoms with E-state index in [-0.39, 0.29) is 0 Å². The number of hydrogen-bond donors (Lipinski definition) is 0. The largest absolute Gasteiger partial charge is 0.309 e. The molecule has 0 spiro atoms. The topological polar surface area (TPSA) is 3.24 Å². The van der Waals surface area contributed by atoms with E-state index in [1.807, 2.05) is 0 Å². The van der Waals surface area contributed by atoms with Crippen LogP contribution in [0.15, 0.2) is 91.0 Å². The molecule has 0 aliphatic rings. The van der Waals surface area contributed by atoms with Crippen LogP contribution in [0.3, 0.4) is 0 Å². The zero-order valence-electron chi connectivity index (χ0n) is 14.6. The number of benzene rings is 4. The second-order valence-corrected chi connectivity index (χ2v) is 6.41. The van der Waals surface area contributed by atoms with Crippen LogP contribution in [0, 0.1) is 13.8 Å². The summed E-state index contributed by atoms with van der Waals surface area (Å²) in [5.41, 5.74) is 6.17. The van der Waals surface area contributed by atoms with Crippen molar-refractivity contribution in [3.05, 3.63) is 102 Å². The molecular formula is C24H21N. The lowest BCUT2D eigenvalue weighted by molar-refractivity contribution is 1.23. The van der Waals surface area contributed by atoms with Crippen LogP contribution in [0.25, 0.3) is 10.8 Å². The summed E-state index contributed by atoms with van der Waals surface area (Å²) in [6.45, 7) is 4.34. The zero-order chi connectivity index (χ0) is 17.2. The first-order valence-corrected chi connectivity index (χ1v) is 8.65. The molecule has 0 radical (unpaired) electrons. The highest BCUT2D eigenvalue weighted by Gasteiger charge is 2.17. The number of anilines is 3. The van der Waals surface area contributed by atoms with E-state index in [9.17, 15) is 0 Å². The van der Waals surface area contributed by atoms with Gasteiger partial charge in [0.25, 0.3) is 0 Å². The molecule has 0 fully saturated rings. The van der Waals surface area contributed by atoms with Gasteiger partial charge < -0.3 is 4.90 Å². The highest BCUT2D eigenvalue weighted by atomic mass is 15.1. The number of rotatable bonds is 3. The molecule has 0 bridgehead atoms. The summed E-state index contributed by atoms with van der Waals surface area (Å²) in [7, 11) is 0. The Balaban J connectivity index is 2.05. The van der Waals surface area contributed by atoms with Crippen LogP contribution in [-0.2, 0) is 0 Å². The Hall–Kier alpha value is -3.06. The van der Waals surface area contributed by atoms with Gasteiger partial charge in [-0.1, -0.05) is 72.8 Å². The minimum absolute atomic E-state index is 1.21. The Morgan fingerprint density at radius 2 is 0.960 bits per heavy atom. The van der Waals surface area contributed by atoms with Gasteiger partial charge in [-0.15, -0.1) is 0 Å². The van der Waals surface area contributed by atoms with Gasteiger partial charge in [0.15, 0.2) is 0 Å². The molecule has 0 aliphatic carbocycles. The van der Waals surface area contributed by atoms with Gasteiger partial charge in [0, 0.05) is 16.8 Å². The van der Waals surface area contributed by atoms with Gasteiger partial charge in [0.2, 0.25) is 0 Å². The second-order valence-electron chi connectivity index (χ2n) is 6.41. The predicted molar refractivity (Wildman–Crippen MR) is 108 cm³/mol. The molecule has 0 saturated heterocycles. The van der Waals surface area contributed by atoms with E-state index in [4.69, 9.17) is 0 Å². The van der Waals surface area contributed by atoms with Crippen LogP contribution in [0.5, 0.6) is 0 Å². The number of hydrogen-bond acceptors (Lipinski definition) is 1. The van der Waals surface area contributed by atoms with Gasteiger partial charge >= 0.3 is 0 Å². The van der Waals surface area contributed by atoms with Crippen LogP contribution in [0.4, 0.5) is 17.1 Å². The van der Waals surface area contributed by atoms with Crippen molar-refractivity contribution in [1.29, 1.82) is 0 Å². The SMILES string of the molecule is Cc1ccccc1N(c1ccccc1C)c1cccc2ccccc12. The Kier molecular flexibility index (Phi) is 3.99. The summed E-state index contributed by atoms with van der Waals surface area (Å²) in [6.07, 6.45) is 0. The molecule has 0 unspecified atom stereocenters. The maximum absolute atomic E-state index is 2.38. The predicted octanol–water partition coefficient (Wildman–Crippen LogP) is 6.93. The maximum Gasteiger partial charge on any atom is 0.0540 e. The van der Waals surface area contributed by atoms with E-state index in [1.165, 1.54) is 39.0 Å². The van der Waals surface area contributed by atoms with Crippen molar-refractivity contribution in [3.63, 3.8) is 0 Å². The third kappa shape index (κ3) is 2.78. The summed E-state index contributed by atoms with van der Waals surface area (Å²) in [5.74, 6) is 0. The van der Waals surface area contributed by atoms with Crippen LogP contribution in [0.1, 0.15) is 11.1 Å². The van der Waals surface area contributed by atoms with E-state index >= 15 is 0 Å². The average Bonchev–Trinajstić information content (AvgIpc) is 2.65. The molecule has 4 rings (SSSR count). The molecule has 0 saturated carbocycles. The Morgan fingerprint density at radius 1 is 0.480 bits per heavy atom. The first-order valence-electron chi connectivity index (χ1n) is 8.65. The molecule has 0 atom stereocenters. The van der Waals surface area contributed by atoms with Crippen LogP contribution >= 0.6 is 0 Å².